The maximum Gasteiger partial charge on any atom is 0.0594 e. The van der Waals surface area contributed by atoms with Crippen molar-refractivity contribution in [3.05, 3.63) is 34.9 Å². The molecule has 0 aromatic rings. The third-order valence-corrected chi connectivity index (χ3v) is 11.2. The summed E-state index contributed by atoms with van der Waals surface area (Å²) in [5.41, 5.74) is 5.16. The number of hydrogen-bond acceptors (Lipinski definition) is 2. The average molecular weight is 441 g/mol. The van der Waals surface area contributed by atoms with Gasteiger partial charge in [0.25, 0.3) is 0 Å². The van der Waals surface area contributed by atoms with Gasteiger partial charge in [0.05, 0.1) is 6.10 Å². The van der Waals surface area contributed by atoms with Crippen LogP contribution in [0.5, 0.6) is 0 Å². The van der Waals surface area contributed by atoms with Gasteiger partial charge in [-0.1, -0.05) is 58.4 Å². The first-order valence-corrected chi connectivity index (χ1v) is 13.3. The number of aliphatic hydroxyl groups is 2. The fourth-order valence-corrected chi connectivity index (χ4v) is 8.79. The third-order valence-electron chi connectivity index (χ3n) is 11.2. The lowest BCUT2D eigenvalue weighted by Crippen LogP contribution is -2.54. The van der Waals surface area contributed by atoms with Gasteiger partial charge in [0, 0.05) is 6.61 Å². The summed E-state index contributed by atoms with van der Waals surface area (Å²) in [4.78, 5) is 0. The lowest BCUT2D eigenvalue weighted by molar-refractivity contribution is -0.0852. The molecule has 4 aliphatic rings. The maximum atomic E-state index is 10.8. The van der Waals surface area contributed by atoms with E-state index >= 15 is 0 Å². The number of fused-ring (bicyclic) bond motifs is 5. The predicted octanol–water partition coefficient (Wildman–Crippen LogP) is 7.23. The Hall–Kier alpha value is -0.860. The molecule has 2 nitrogen and oxygen atoms in total. The molecule has 32 heavy (non-hydrogen) atoms. The molecule has 180 valence electrons. The minimum atomic E-state index is -0.192. The highest BCUT2D eigenvalue weighted by atomic mass is 16.3. The summed E-state index contributed by atoms with van der Waals surface area (Å²) >= 11 is 0. The van der Waals surface area contributed by atoms with E-state index in [1.165, 1.54) is 18.4 Å². The Labute approximate surface area is 197 Å². The zero-order chi connectivity index (χ0) is 23.5. The predicted molar refractivity (Wildman–Crippen MR) is 134 cm³/mol. The zero-order valence-electron chi connectivity index (χ0n) is 21.8. The van der Waals surface area contributed by atoms with Crippen molar-refractivity contribution in [1.82, 2.24) is 0 Å². The lowest BCUT2D eigenvalue weighted by Gasteiger charge is -2.61. The molecule has 0 heterocycles. The highest BCUT2D eigenvalue weighted by Gasteiger charge is 2.63. The largest absolute Gasteiger partial charge is 0.396 e. The Morgan fingerprint density at radius 1 is 1.06 bits per heavy atom. The smallest absolute Gasteiger partial charge is 0.0594 e. The summed E-state index contributed by atoms with van der Waals surface area (Å²) in [5, 5.41) is 21.2. The second-order valence-corrected chi connectivity index (χ2v) is 13.2. The first-order valence-electron chi connectivity index (χ1n) is 13.3. The van der Waals surface area contributed by atoms with Crippen molar-refractivity contribution < 1.29 is 10.2 Å². The molecule has 4 rings (SSSR count). The van der Waals surface area contributed by atoms with E-state index in [2.05, 4.69) is 66.7 Å². The first kappa shape index (κ1) is 24.3. The number of allylic oxidation sites excluding steroid dienone is 6. The summed E-state index contributed by atoms with van der Waals surface area (Å²) in [6, 6.07) is 0. The van der Waals surface area contributed by atoms with E-state index < -0.39 is 0 Å². The van der Waals surface area contributed by atoms with E-state index in [-0.39, 0.29) is 27.8 Å². The highest BCUT2D eigenvalue weighted by Crippen LogP contribution is 2.71. The molecule has 2 fully saturated rings. The van der Waals surface area contributed by atoms with Crippen molar-refractivity contribution >= 4 is 0 Å². The Bertz CT molecular complexity index is 828. The molecular formula is C30H48O2. The van der Waals surface area contributed by atoms with Crippen LogP contribution in [-0.4, -0.2) is 22.9 Å². The summed E-state index contributed by atoms with van der Waals surface area (Å²) < 4.78 is 0. The summed E-state index contributed by atoms with van der Waals surface area (Å²) in [5.74, 6) is 1.48. The van der Waals surface area contributed by atoms with Gasteiger partial charge >= 0.3 is 0 Å². The van der Waals surface area contributed by atoms with Crippen LogP contribution < -0.4 is 0 Å². The van der Waals surface area contributed by atoms with Gasteiger partial charge in [-0.2, -0.15) is 0 Å². The molecule has 7 atom stereocenters. The Morgan fingerprint density at radius 3 is 2.44 bits per heavy atom. The summed E-state index contributed by atoms with van der Waals surface area (Å²) in [7, 11) is 0. The molecule has 0 bridgehead atoms. The Balaban J connectivity index is 1.67. The van der Waals surface area contributed by atoms with Crippen LogP contribution in [0, 0.1) is 39.4 Å². The van der Waals surface area contributed by atoms with Crippen LogP contribution >= 0.6 is 0 Å². The Kier molecular flexibility index (Phi) is 6.16. The molecule has 2 heteroatoms. The fraction of sp³-hybridized carbons (Fsp3) is 0.800. The monoisotopic (exact) mass is 440 g/mol. The molecule has 0 unspecified atom stereocenters. The van der Waals surface area contributed by atoms with Crippen molar-refractivity contribution in [1.29, 1.82) is 0 Å². The van der Waals surface area contributed by atoms with Crippen LogP contribution in [0.2, 0.25) is 0 Å². The second kappa shape index (κ2) is 8.12. The minimum Gasteiger partial charge on any atom is -0.396 e. The highest BCUT2D eigenvalue weighted by molar-refractivity contribution is 5.49. The summed E-state index contributed by atoms with van der Waals surface area (Å²) in [6.07, 6.45) is 16.2. The lowest BCUT2D eigenvalue weighted by atomic mass is 9.44. The van der Waals surface area contributed by atoms with E-state index in [1.54, 1.807) is 11.1 Å². The topological polar surface area (TPSA) is 40.5 Å². The normalized spacial score (nSPS) is 43.3. The quantitative estimate of drug-likeness (QED) is 0.443. The van der Waals surface area contributed by atoms with Gasteiger partial charge in [0.15, 0.2) is 0 Å². The average Bonchev–Trinajstić information content (AvgIpc) is 3.00. The molecule has 0 spiro atoms. The van der Waals surface area contributed by atoms with Gasteiger partial charge < -0.3 is 10.2 Å². The van der Waals surface area contributed by atoms with Crippen LogP contribution in [0.15, 0.2) is 34.9 Å². The zero-order valence-corrected chi connectivity index (χ0v) is 21.8. The molecule has 0 saturated heterocycles. The van der Waals surface area contributed by atoms with Crippen molar-refractivity contribution in [2.45, 2.75) is 106 Å². The fourth-order valence-electron chi connectivity index (χ4n) is 8.79. The molecule has 0 aromatic carbocycles. The first-order chi connectivity index (χ1) is 14.9. The van der Waals surface area contributed by atoms with E-state index in [0.29, 0.717) is 24.4 Å². The Morgan fingerprint density at radius 2 is 1.78 bits per heavy atom. The molecule has 4 aliphatic carbocycles. The third kappa shape index (κ3) is 3.34. The molecular weight excluding hydrogens is 392 g/mol. The SMILES string of the molecule is CC(C)=CCC[C@@H](CO)[C@H]1CC[C@]2(C)C3=CC[C@@H]4C(C)(C)[C@@H](O)CC[C@]4(C)C3=CC[C@]12C. The van der Waals surface area contributed by atoms with Crippen molar-refractivity contribution in [2.75, 3.05) is 6.61 Å². The molecule has 0 aromatic heterocycles. The van der Waals surface area contributed by atoms with Crippen LogP contribution in [0.1, 0.15) is 99.8 Å². The van der Waals surface area contributed by atoms with E-state index in [0.717, 1.165) is 38.5 Å². The van der Waals surface area contributed by atoms with Gasteiger partial charge in [0.1, 0.15) is 0 Å². The van der Waals surface area contributed by atoms with Gasteiger partial charge in [-0.15, -0.1) is 0 Å². The van der Waals surface area contributed by atoms with Crippen LogP contribution in [0.3, 0.4) is 0 Å². The van der Waals surface area contributed by atoms with Gasteiger partial charge in [-0.3, -0.25) is 0 Å². The van der Waals surface area contributed by atoms with Crippen molar-refractivity contribution in [3.63, 3.8) is 0 Å². The van der Waals surface area contributed by atoms with E-state index in [9.17, 15) is 10.2 Å². The minimum absolute atomic E-state index is 0.0390. The summed E-state index contributed by atoms with van der Waals surface area (Å²) in [6.45, 7) is 16.8. The standard InChI is InChI=1S/C30H48O2/c1-20(2)9-8-10-21(19-31)22-13-17-30(7)24-11-12-25-27(3,4)26(32)15-16-28(25,5)23(24)14-18-29(22,30)6/h9,11,14,21-22,25-26,31-32H,8,10,12-13,15-19H2,1-7H3/t21-,22+,25+,26-,28+,29+,30+/m0/s1. The van der Waals surface area contributed by atoms with Crippen LogP contribution in [-0.2, 0) is 0 Å². The van der Waals surface area contributed by atoms with Gasteiger partial charge in [0.2, 0.25) is 0 Å². The van der Waals surface area contributed by atoms with Crippen LogP contribution in [0.4, 0.5) is 0 Å². The van der Waals surface area contributed by atoms with Crippen molar-refractivity contribution in [2.24, 2.45) is 39.4 Å². The maximum absolute atomic E-state index is 10.8. The van der Waals surface area contributed by atoms with Gasteiger partial charge in [-0.25, -0.2) is 0 Å². The van der Waals surface area contributed by atoms with E-state index in [4.69, 9.17) is 0 Å². The molecule has 2 saturated carbocycles. The number of hydrogen-bond donors (Lipinski definition) is 2. The van der Waals surface area contributed by atoms with Crippen molar-refractivity contribution in [3.8, 4) is 0 Å². The molecule has 0 amide bonds. The molecule has 2 N–H and O–H groups in total. The van der Waals surface area contributed by atoms with E-state index in [1.807, 2.05) is 0 Å². The molecule has 0 aliphatic heterocycles. The van der Waals surface area contributed by atoms with Crippen LogP contribution in [0.25, 0.3) is 0 Å². The van der Waals surface area contributed by atoms with Gasteiger partial charge in [-0.05, 0) is 116 Å². The second-order valence-electron chi connectivity index (χ2n) is 13.2. The number of aliphatic hydroxyl groups excluding tert-OH is 2. The number of rotatable bonds is 5. The molecule has 0 radical (unpaired) electrons.